The second kappa shape index (κ2) is 5.98. The lowest BCUT2D eigenvalue weighted by atomic mass is 9.93. The number of fused-ring (bicyclic) bond motifs is 1. The van der Waals surface area contributed by atoms with Gasteiger partial charge in [-0.3, -0.25) is 0 Å². The summed E-state index contributed by atoms with van der Waals surface area (Å²) < 4.78 is 7.08. The normalized spacial score (nSPS) is 14.8. The monoisotopic (exact) mass is 247 g/mol. The molecule has 0 radical (unpaired) electrons. The van der Waals surface area contributed by atoms with Crippen LogP contribution in [0.2, 0.25) is 0 Å². The number of hydrogen-bond acceptors (Lipinski definition) is 3. The van der Waals surface area contributed by atoms with Crippen molar-refractivity contribution in [3.8, 4) is 0 Å². The number of nitrogens with one attached hydrogen (secondary N) is 1. The van der Waals surface area contributed by atoms with E-state index in [9.17, 15) is 0 Å². The standard InChI is InChI=1S/C14H21N3O/c1-11(7-9-18-3)14(15-2)12-10-16-17-8-5-4-6-13(12)17/h4-6,8,10-11,14-15H,7,9H2,1-3H3. The Bertz CT molecular complexity index is 494. The maximum atomic E-state index is 5.16. The Balaban J connectivity index is 2.26. The summed E-state index contributed by atoms with van der Waals surface area (Å²) in [4.78, 5) is 0. The predicted molar refractivity (Wildman–Crippen MR) is 72.6 cm³/mol. The molecule has 2 aromatic rings. The first-order chi connectivity index (χ1) is 8.77. The minimum absolute atomic E-state index is 0.306. The molecule has 0 aliphatic rings. The molecular formula is C14H21N3O. The average Bonchev–Trinajstić information content (AvgIpc) is 2.81. The van der Waals surface area contributed by atoms with Crippen molar-refractivity contribution in [1.29, 1.82) is 0 Å². The number of aromatic nitrogens is 2. The maximum absolute atomic E-state index is 5.16. The summed E-state index contributed by atoms with van der Waals surface area (Å²) in [6, 6.07) is 6.45. The van der Waals surface area contributed by atoms with E-state index in [0.717, 1.165) is 13.0 Å². The Morgan fingerprint density at radius 3 is 3.00 bits per heavy atom. The highest BCUT2D eigenvalue weighted by atomic mass is 16.5. The summed E-state index contributed by atoms with van der Waals surface area (Å²) in [5.74, 6) is 0.503. The van der Waals surface area contributed by atoms with Crippen LogP contribution < -0.4 is 5.32 Å². The molecule has 2 unspecified atom stereocenters. The van der Waals surface area contributed by atoms with Crippen molar-refractivity contribution in [2.45, 2.75) is 19.4 Å². The van der Waals surface area contributed by atoms with E-state index in [0.29, 0.717) is 12.0 Å². The quantitative estimate of drug-likeness (QED) is 0.851. The van der Waals surface area contributed by atoms with Gasteiger partial charge in [-0.15, -0.1) is 0 Å². The molecule has 0 amide bonds. The van der Waals surface area contributed by atoms with Gasteiger partial charge in [-0.1, -0.05) is 13.0 Å². The molecule has 0 saturated carbocycles. The van der Waals surface area contributed by atoms with Gasteiger partial charge in [0.05, 0.1) is 11.7 Å². The number of nitrogens with zero attached hydrogens (tertiary/aromatic N) is 2. The molecule has 0 aliphatic heterocycles. The second-order valence-corrected chi connectivity index (χ2v) is 4.66. The van der Waals surface area contributed by atoms with Gasteiger partial charge < -0.3 is 10.1 Å². The third-order valence-electron chi connectivity index (χ3n) is 3.45. The molecule has 2 rings (SSSR count). The summed E-state index contributed by atoms with van der Waals surface area (Å²) in [7, 11) is 3.75. The third kappa shape index (κ3) is 2.54. The highest BCUT2D eigenvalue weighted by Gasteiger charge is 2.20. The van der Waals surface area contributed by atoms with E-state index in [1.165, 1.54) is 11.1 Å². The Hall–Kier alpha value is -1.39. The van der Waals surface area contributed by atoms with Crippen LogP contribution in [0.5, 0.6) is 0 Å². The Morgan fingerprint density at radius 1 is 1.44 bits per heavy atom. The van der Waals surface area contributed by atoms with Crippen molar-refractivity contribution in [1.82, 2.24) is 14.9 Å². The zero-order valence-electron chi connectivity index (χ0n) is 11.3. The number of ether oxygens (including phenoxy) is 1. The van der Waals surface area contributed by atoms with Crippen LogP contribution in [0, 0.1) is 5.92 Å². The van der Waals surface area contributed by atoms with Gasteiger partial charge in [0.1, 0.15) is 0 Å². The minimum Gasteiger partial charge on any atom is -0.385 e. The molecule has 4 nitrogen and oxygen atoms in total. The van der Waals surface area contributed by atoms with Gasteiger partial charge in [-0.25, -0.2) is 4.52 Å². The van der Waals surface area contributed by atoms with E-state index in [1.54, 1.807) is 7.11 Å². The number of methoxy groups -OCH3 is 1. The van der Waals surface area contributed by atoms with Crippen LogP contribution in [0.4, 0.5) is 0 Å². The summed E-state index contributed by atoms with van der Waals surface area (Å²) in [5, 5.41) is 7.79. The van der Waals surface area contributed by atoms with Gasteiger partial charge in [0.2, 0.25) is 0 Å². The third-order valence-corrected chi connectivity index (χ3v) is 3.45. The van der Waals surface area contributed by atoms with Crippen molar-refractivity contribution >= 4 is 5.52 Å². The molecule has 0 spiro atoms. The van der Waals surface area contributed by atoms with Gasteiger partial charge in [-0.05, 0) is 31.5 Å². The van der Waals surface area contributed by atoms with Crippen LogP contribution >= 0.6 is 0 Å². The number of hydrogen-bond donors (Lipinski definition) is 1. The van der Waals surface area contributed by atoms with Gasteiger partial charge in [-0.2, -0.15) is 5.10 Å². The largest absolute Gasteiger partial charge is 0.385 e. The van der Waals surface area contributed by atoms with E-state index in [-0.39, 0.29) is 0 Å². The van der Waals surface area contributed by atoms with Crippen LogP contribution in [0.15, 0.2) is 30.6 Å². The molecule has 0 aliphatic carbocycles. The molecule has 0 bridgehead atoms. The summed E-state index contributed by atoms with van der Waals surface area (Å²) in [6.45, 7) is 3.03. The summed E-state index contributed by atoms with van der Waals surface area (Å²) in [6.07, 6.45) is 4.97. The number of rotatable bonds is 6. The molecular weight excluding hydrogens is 226 g/mol. The topological polar surface area (TPSA) is 38.6 Å². The SMILES string of the molecule is CNC(c1cnn2ccccc12)C(C)CCOC. The highest BCUT2D eigenvalue weighted by Crippen LogP contribution is 2.27. The Labute approximate surface area is 108 Å². The fraction of sp³-hybridized carbons (Fsp3) is 0.500. The van der Waals surface area contributed by atoms with Gasteiger partial charge >= 0.3 is 0 Å². The molecule has 18 heavy (non-hydrogen) atoms. The van der Waals surface area contributed by atoms with E-state index < -0.39 is 0 Å². The zero-order valence-corrected chi connectivity index (χ0v) is 11.3. The van der Waals surface area contributed by atoms with Gasteiger partial charge in [0.25, 0.3) is 0 Å². The minimum atomic E-state index is 0.306. The van der Waals surface area contributed by atoms with Crippen LogP contribution in [0.25, 0.3) is 5.52 Å². The Kier molecular flexibility index (Phi) is 4.33. The lowest BCUT2D eigenvalue weighted by Gasteiger charge is -2.22. The van der Waals surface area contributed by atoms with Crippen molar-refractivity contribution in [2.24, 2.45) is 5.92 Å². The lowest BCUT2D eigenvalue weighted by molar-refractivity contribution is 0.171. The highest BCUT2D eigenvalue weighted by molar-refractivity contribution is 5.54. The molecule has 0 saturated heterocycles. The van der Waals surface area contributed by atoms with Crippen LogP contribution in [-0.2, 0) is 4.74 Å². The number of pyridine rings is 1. The van der Waals surface area contributed by atoms with E-state index in [2.05, 4.69) is 23.4 Å². The van der Waals surface area contributed by atoms with Gasteiger partial charge in [0, 0.05) is 31.5 Å². The molecule has 4 heteroatoms. The van der Waals surface area contributed by atoms with E-state index >= 15 is 0 Å². The summed E-state index contributed by atoms with van der Waals surface area (Å²) in [5.41, 5.74) is 2.42. The fourth-order valence-electron chi connectivity index (χ4n) is 2.41. The molecule has 98 valence electrons. The molecule has 1 N–H and O–H groups in total. The predicted octanol–water partition coefficient (Wildman–Crippen LogP) is 2.27. The zero-order chi connectivity index (χ0) is 13.0. The first kappa shape index (κ1) is 13.1. The first-order valence-corrected chi connectivity index (χ1v) is 6.36. The van der Waals surface area contributed by atoms with Crippen LogP contribution in [-0.4, -0.2) is 30.4 Å². The maximum Gasteiger partial charge on any atom is 0.0709 e. The van der Waals surface area contributed by atoms with Crippen molar-refractivity contribution < 1.29 is 4.74 Å². The molecule has 2 atom stereocenters. The summed E-state index contributed by atoms with van der Waals surface area (Å²) >= 11 is 0. The molecule has 0 fully saturated rings. The van der Waals surface area contributed by atoms with Crippen molar-refractivity contribution in [3.63, 3.8) is 0 Å². The van der Waals surface area contributed by atoms with Crippen molar-refractivity contribution in [2.75, 3.05) is 20.8 Å². The first-order valence-electron chi connectivity index (χ1n) is 6.36. The Morgan fingerprint density at radius 2 is 2.28 bits per heavy atom. The van der Waals surface area contributed by atoms with Crippen molar-refractivity contribution in [3.05, 3.63) is 36.2 Å². The second-order valence-electron chi connectivity index (χ2n) is 4.66. The average molecular weight is 247 g/mol. The lowest BCUT2D eigenvalue weighted by Crippen LogP contribution is -2.24. The van der Waals surface area contributed by atoms with Crippen LogP contribution in [0.3, 0.4) is 0 Å². The molecule has 0 aromatic carbocycles. The van der Waals surface area contributed by atoms with Crippen LogP contribution in [0.1, 0.15) is 24.9 Å². The molecule has 2 heterocycles. The fourth-order valence-corrected chi connectivity index (χ4v) is 2.41. The van der Waals surface area contributed by atoms with E-state index in [4.69, 9.17) is 4.74 Å². The smallest absolute Gasteiger partial charge is 0.0709 e. The van der Waals surface area contributed by atoms with E-state index in [1.807, 2.05) is 36.1 Å². The molecule has 2 aromatic heterocycles. The van der Waals surface area contributed by atoms with Gasteiger partial charge in [0.15, 0.2) is 0 Å².